The third kappa shape index (κ3) is 3.29. The molecule has 0 atom stereocenters. The second-order valence-electron chi connectivity index (χ2n) is 5.67. The first-order valence-electron chi connectivity index (χ1n) is 5.65. The minimum Gasteiger partial charge on any atom is -0.543 e. The van der Waals surface area contributed by atoms with Gasteiger partial charge in [-0.3, -0.25) is 0 Å². The highest BCUT2D eigenvalue weighted by molar-refractivity contribution is 7.79. The lowest BCUT2D eigenvalue weighted by atomic mass is 10.2. The fourth-order valence-electron chi connectivity index (χ4n) is 1.16. The molecule has 1 nitrogen and oxygen atoms in total. The standard InChI is InChI=1S/C13H22OSSi/c1-13(2,3)16(4,5)14-12-8-6-7-11(9-12)10-15/h6-9,15H,10H2,1-5H3. The fraction of sp³-hybridized carbons (Fsp3) is 0.538. The number of rotatable bonds is 3. The van der Waals surface area contributed by atoms with E-state index >= 15 is 0 Å². The van der Waals surface area contributed by atoms with Crippen LogP contribution in [0.3, 0.4) is 0 Å². The van der Waals surface area contributed by atoms with E-state index in [0.29, 0.717) is 0 Å². The van der Waals surface area contributed by atoms with Crippen LogP contribution in [0.2, 0.25) is 18.1 Å². The predicted molar refractivity (Wildman–Crippen MR) is 77.0 cm³/mol. The molecule has 0 aromatic heterocycles. The monoisotopic (exact) mass is 254 g/mol. The number of thiol groups is 1. The van der Waals surface area contributed by atoms with Gasteiger partial charge in [0.15, 0.2) is 0 Å². The van der Waals surface area contributed by atoms with Crippen LogP contribution < -0.4 is 4.43 Å². The first-order chi connectivity index (χ1) is 7.26. The summed E-state index contributed by atoms with van der Waals surface area (Å²) in [6.45, 7) is 11.3. The van der Waals surface area contributed by atoms with E-state index in [9.17, 15) is 0 Å². The van der Waals surface area contributed by atoms with Crippen LogP contribution in [-0.2, 0) is 5.75 Å². The Labute approximate surface area is 106 Å². The lowest BCUT2D eigenvalue weighted by Gasteiger charge is -2.36. The molecule has 0 aliphatic rings. The molecule has 0 saturated heterocycles. The van der Waals surface area contributed by atoms with Crippen molar-refractivity contribution in [2.24, 2.45) is 0 Å². The Morgan fingerprint density at radius 2 is 1.88 bits per heavy atom. The van der Waals surface area contributed by atoms with Gasteiger partial charge in [-0.15, -0.1) is 0 Å². The zero-order valence-electron chi connectivity index (χ0n) is 10.9. The van der Waals surface area contributed by atoms with Gasteiger partial charge < -0.3 is 4.43 Å². The number of hydrogen-bond donors (Lipinski definition) is 1. The molecule has 0 radical (unpaired) electrons. The molecule has 1 aromatic rings. The largest absolute Gasteiger partial charge is 0.543 e. The molecule has 0 aliphatic carbocycles. The van der Waals surface area contributed by atoms with Gasteiger partial charge in [-0.2, -0.15) is 12.6 Å². The van der Waals surface area contributed by atoms with Crippen molar-refractivity contribution in [2.75, 3.05) is 0 Å². The van der Waals surface area contributed by atoms with Gasteiger partial charge in [0.25, 0.3) is 0 Å². The average Bonchev–Trinajstić information content (AvgIpc) is 2.15. The van der Waals surface area contributed by atoms with Gasteiger partial charge in [-0.1, -0.05) is 32.9 Å². The van der Waals surface area contributed by atoms with Crippen molar-refractivity contribution in [3.63, 3.8) is 0 Å². The summed E-state index contributed by atoms with van der Waals surface area (Å²) in [5.74, 6) is 1.74. The molecule has 0 bridgehead atoms. The predicted octanol–water partition coefficient (Wildman–Crippen LogP) is 4.50. The number of hydrogen-bond acceptors (Lipinski definition) is 2. The Morgan fingerprint density at radius 3 is 2.38 bits per heavy atom. The summed E-state index contributed by atoms with van der Waals surface area (Å²) in [5, 5.41) is 0.240. The summed E-state index contributed by atoms with van der Waals surface area (Å²) in [6, 6.07) is 8.24. The first-order valence-corrected chi connectivity index (χ1v) is 9.19. The minimum absolute atomic E-state index is 0.240. The van der Waals surface area contributed by atoms with E-state index in [-0.39, 0.29) is 5.04 Å². The van der Waals surface area contributed by atoms with Crippen LogP contribution in [0, 0.1) is 0 Å². The molecule has 0 heterocycles. The van der Waals surface area contributed by atoms with E-state index in [1.54, 1.807) is 0 Å². The zero-order valence-corrected chi connectivity index (χ0v) is 12.8. The van der Waals surface area contributed by atoms with Crippen molar-refractivity contribution >= 4 is 20.9 Å². The summed E-state index contributed by atoms with van der Waals surface area (Å²) in [7, 11) is -1.71. The molecule has 0 aliphatic heterocycles. The molecular formula is C13H22OSSi. The van der Waals surface area contributed by atoms with E-state index in [1.807, 2.05) is 12.1 Å². The molecule has 0 N–H and O–H groups in total. The van der Waals surface area contributed by atoms with Crippen molar-refractivity contribution in [3.05, 3.63) is 29.8 Å². The molecule has 0 amide bonds. The van der Waals surface area contributed by atoms with Crippen LogP contribution in [0.5, 0.6) is 5.75 Å². The van der Waals surface area contributed by atoms with E-state index in [0.717, 1.165) is 11.5 Å². The summed E-state index contributed by atoms with van der Waals surface area (Å²) in [6.07, 6.45) is 0. The Hall–Kier alpha value is -0.413. The van der Waals surface area contributed by atoms with Crippen molar-refractivity contribution in [3.8, 4) is 5.75 Å². The van der Waals surface area contributed by atoms with Gasteiger partial charge >= 0.3 is 0 Å². The summed E-state index contributed by atoms with van der Waals surface area (Å²) >= 11 is 4.28. The summed E-state index contributed by atoms with van der Waals surface area (Å²) < 4.78 is 6.21. The van der Waals surface area contributed by atoms with Crippen molar-refractivity contribution in [1.29, 1.82) is 0 Å². The topological polar surface area (TPSA) is 9.23 Å². The zero-order chi connectivity index (χ0) is 12.4. The molecule has 0 spiro atoms. The van der Waals surface area contributed by atoms with E-state index in [2.05, 4.69) is 58.6 Å². The third-order valence-electron chi connectivity index (χ3n) is 3.26. The van der Waals surface area contributed by atoms with Crippen LogP contribution in [0.25, 0.3) is 0 Å². The second-order valence-corrected chi connectivity index (χ2v) is 10.7. The molecule has 0 saturated carbocycles. The minimum atomic E-state index is -1.71. The highest BCUT2D eigenvalue weighted by atomic mass is 32.1. The van der Waals surface area contributed by atoms with Crippen LogP contribution in [0.1, 0.15) is 26.3 Å². The van der Waals surface area contributed by atoms with Crippen LogP contribution in [-0.4, -0.2) is 8.32 Å². The quantitative estimate of drug-likeness (QED) is 0.617. The van der Waals surface area contributed by atoms with Gasteiger partial charge in [0.2, 0.25) is 8.32 Å². The average molecular weight is 254 g/mol. The van der Waals surface area contributed by atoms with Gasteiger partial charge in [-0.05, 0) is 35.8 Å². The van der Waals surface area contributed by atoms with Crippen molar-refractivity contribution < 1.29 is 4.43 Å². The Balaban J connectivity index is 2.88. The maximum absolute atomic E-state index is 6.21. The van der Waals surface area contributed by atoms with Gasteiger partial charge in [0, 0.05) is 5.75 Å². The van der Waals surface area contributed by atoms with Crippen LogP contribution in [0.4, 0.5) is 0 Å². The molecule has 16 heavy (non-hydrogen) atoms. The lowest BCUT2D eigenvalue weighted by Crippen LogP contribution is -2.43. The maximum atomic E-state index is 6.21. The van der Waals surface area contributed by atoms with Gasteiger partial charge in [0.05, 0.1) is 0 Å². The normalized spacial score (nSPS) is 12.6. The smallest absolute Gasteiger partial charge is 0.250 e. The van der Waals surface area contributed by atoms with Crippen molar-refractivity contribution in [2.45, 2.75) is 44.7 Å². The van der Waals surface area contributed by atoms with Crippen LogP contribution >= 0.6 is 12.6 Å². The second kappa shape index (κ2) is 4.84. The first kappa shape index (κ1) is 13.7. The van der Waals surface area contributed by atoms with Crippen LogP contribution in [0.15, 0.2) is 24.3 Å². The maximum Gasteiger partial charge on any atom is 0.250 e. The highest BCUT2D eigenvalue weighted by Crippen LogP contribution is 2.37. The number of benzene rings is 1. The molecule has 1 rings (SSSR count). The lowest BCUT2D eigenvalue weighted by molar-refractivity contribution is 0.492. The Morgan fingerprint density at radius 1 is 1.25 bits per heavy atom. The van der Waals surface area contributed by atoms with E-state index < -0.39 is 8.32 Å². The van der Waals surface area contributed by atoms with Crippen molar-refractivity contribution in [1.82, 2.24) is 0 Å². The molecule has 90 valence electrons. The van der Waals surface area contributed by atoms with Gasteiger partial charge in [0.1, 0.15) is 5.75 Å². The molecule has 3 heteroatoms. The Kier molecular flexibility index (Phi) is 4.13. The van der Waals surface area contributed by atoms with E-state index in [4.69, 9.17) is 4.43 Å². The third-order valence-corrected chi connectivity index (χ3v) is 7.98. The summed E-state index contributed by atoms with van der Waals surface area (Å²) in [4.78, 5) is 0. The Bertz CT molecular complexity index is 355. The fourth-order valence-corrected chi connectivity index (χ4v) is 2.37. The molecular weight excluding hydrogens is 232 g/mol. The summed E-state index contributed by atoms with van der Waals surface area (Å²) in [5.41, 5.74) is 1.21. The molecule has 1 aromatic carbocycles. The molecule has 0 unspecified atom stereocenters. The van der Waals surface area contributed by atoms with Gasteiger partial charge in [-0.25, -0.2) is 0 Å². The van der Waals surface area contributed by atoms with E-state index in [1.165, 1.54) is 5.56 Å². The SMILES string of the molecule is CC(C)(C)[Si](C)(C)Oc1cccc(CS)c1. The molecule has 0 fully saturated rings. The highest BCUT2D eigenvalue weighted by Gasteiger charge is 2.38.